The van der Waals surface area contributed by atoms with Crippen LogP contribution in [-0.4, -0.2) is 24.2 Å². The Labute approximate surface area is 113 Å². The molecule has 1 saturated carbocycles. The summed E-state index contributed by atoms with van der Waals surface area (Å²) in [5.74, 6) is 0.00213. The lowest BCUT2D eigenvalue weighted by Gasteiger charge is -2.29. The highest BCUT2D eigenvalue weighted by atomic mass is 32.2. The first-order chi connectivity index (χ1) is 8.72. The molecule has 1 aliphatic rings. The highest BCUT2D eigenvalue weighted by Gasteiger charge is 2.24. The normalized spacial score (nSPS) is 23.7. The van der Waals surface area contributed by atoms with Crippen molar-refractivity contribution in [2.75, 3.05) is 6.26 Å². The zero-order chi connectivity index (χ0) is 13.0. The average molecular weight is 264 g/mol. The second-order valence-electron chi connectivity index (χ2n) is 4.73. The van der Waals surface area contributed by atoms with E-state index in [9.17, 15) is 4.79 Å². The molecule has 0 spiro atoms. The average Bonchev–Trinajstić information content (AvgIpc) is 2.41. The zero-order valence-corrected chi connectivity index (χ0v) is 11.5. The topological polar surface area (TPSA) is 55.1 Å². The minimum absolute atomic E-state index is 0.00213. The molecule has 0 aliphatic heterocycles. The molecule has 18 heavy (non-hydrogen) atoms. The Kier molecular flexibility index (Phi) is 4.66. The van der Waals surface area contributed by atoms with Gasteiger partial charge in [0.1, 0.15) is 0 Å². The number of rotatable bonds is 3. The van der Waals surface area contributed by atoms with Gasteiger partial charge in [0.25, 0.3) is 5.91 Å². The molecule has 98 valence electrons. The third kappa shape index (κ3) is 3.06. The van der Waals surface area contributed by atoms with E-state index < -0.39 is 0 Å². The van der Waals surface area contributed by atoms with Crippen molar-refractivity contribution in [2.45, 2.75) is 42.7 Å². The van der Waals surface area contributed by atoms with Crippen LogP contribution in [0.3, 0.4) is 0 Å². The van der Waals surface area contributed by atoms with Gasteiger partial charge in [0, 0.05) is 17.0 Å². The molecule has 2 rings (SSSR count). The Balaban J connectivity index is 2.07. The van der Waals surface area contributed by atoms with E-state index in [0.717, 1.165) is 29.7 Å². The van der Waals surface area contributed by atoms with Gasteiger partial charge in [-0.05, 0) is 31.2 Å². The molecule has 0 aromatic heterocycles. The third-order valence-corrected chi connectivity index (χ3v) is 4.28. The Morgan fingerprint density at radius 1 is 1.33 bits per heavy atom. The van der Waals surface area contributed by atoms with E-state index in [4.69, 9.17) is 5.73 Å². The van der Waals surface area contributed by atoms with Gasteiger partial charge < -0.3 is 11.1 Å². The first-order valence-electron chi connectivity index (χ1n) is 6.42. The number of nitrogens with one attached hydrogen (secondary N) is 1. The molecule has 3 nitrogen and oxygen atoms in total. The number of thioether (sulfide) groups is 1. The van der Waals surface area contributed by atoms with Gasteiger partial charge in [0.2, 0.25) is 0 Å². The zero-order valence-electron chi connectivity index (χ0n) is 10.7. The van der Waals surface area contributed by atoms with E-state index >= 15 is 0 Å². The van der Waals surface area contributed by atoms with Crippen LogP contribution < -0.4 is 11.1 Å². The van der Waals surface area contributed by atoms with Crippen molar-refractivity contribution in [3.05, 3.63) is 29.8 Å². The first kappa shape index (κ1) is 13.4. The number of hydrogen-bond acceptors (Lipinski definition) is 3. The minimum atomic E-state index is 0.00213. The second-order valence-corrected chi connectivity index (χ2v) is 5.58. The number of amides is 1. The Morgan fingerprint density at radius 3 is 2.78 bits per heavy atom. The molecule has 0 radical (unpaired) electrons. The molecule has 1 amide bonds. The molecule has 3 N–H and O–H groups in total. The monoisotopic (exact) mass is 264 g/mol. The van der Waals surface area contributed by atoms with Crippen LogP contribution in [-0.2, 0) is 0 Å². The lowest BCUT2D eigenvalue weighted by atomic mass is 9.91. The molecule has 1 fully saturated rings. The van der Waals surface area contributed by atoms with Crippen LogP contribution in [0.25, 0.3) is 0 Å². The molecule has 1 aromatic rings. The van der Waals surface area contributed by atoms with E-state index in [1.165, 1.54) is 6.42 Å². The van der Waals surface area contributed by atoms with Gasteiger partial charge in [-0.1, -0.05) is 25.0 Å². The summed E-state index contributed by atoms with van der Waals surface area (Å²) in [5.41, 5.74) is 6.81. The fraction of sp³-hybridized carbons (Fsp3) is 0.500. The molecule has 0 bridgehead atoms. The van der Waals surface area contributed by atoms with Crippen molar-refractivity contribution in [2.24, 2.45) is 5.73 Å². The third-order valence-electron chi connectivity index (χ3n) is 3.49. The van der Waals surface area contributed by atoms with Crippen molar-refractivity contribution < 1.29 is 4.79 Å². The van der Waals surface area contributed by atoms with Crippen LogP contribution >= 0.6 is 11.8 Å². The van der Waals surface area contributed by atoms with Gasteiger partial charge in [0.15, 0.2) is 0 Å². The number of benzene rings is 1. The largest absolute Gasteiger partial charge is 0.348 e. The summed E-state index contributed by atoms with van der Waals surface area (Å²) in [6.45, 7) is 0. The van der Waals surface area contributed by atoms with Gasteiger partial charge in [-0.25, -0.2) is 0 Å². The summed E-state index contributed by atoms with van der Waals surface area (Å²) in [7, 11) is 0. The van der Waals surface area contributed by atoms with E-state index in [1.54, 1.807) is 11.8 Å². The summed E-state index contributed by atoms with van der Waals surface area (Å²) in [6.07, 6.45) is 6.32. The quantitative estimate of drug-likeness (QED) is 0.824. The maximum atomic E-state index is 12.3. The number of hydrogen-bond donors (Lipinski definition) is 2. The van der Waals surface area contributed by atoms with Crippen molar-refractivity contribution in [3.8, 4) is 0 Å². The van der Waals surface area contributed by atoms with Gasteiger partial charge in [-0.2, -0.15) is 0 Å². The smallest absolute Gasteiger partial charge is 0.252 e. The van der Waals surface area contributed by atoms with Crippen LogP contribution in [0.1, 0.15) is 36.0 Å². The van der Waals surface area contributed by atoms with Crippen molar-refractivity contribution in [1.82, 2.24) is 5.32 Å². The summed E-state index contributed by atoms with van der Waals surface area (Å²) >= 11 is 1.59. The molecular weight excluding hydrogens is 244 g/mol. The molecule has 0 heterocycles. The van der Waals surface area contributed by atoms with Crippen LogP contribution in [0, 0.1) is 0 Å². The summed E-state index contributed by atoms with van der Waals surface area (Å²) in [6, 6.07) is 7.92. The van der Waals surface area contributed by atoms with Crippen molar-refractivity contribution in [3.63, 3.8) is 0 Å². The van der Waals surface area contributed by atoms with E-state index in [-0.39, 0.29) is 18.0 Å². The maximum absolute atomic E-state index is 12.3. The van der Waals surface area contributed by atoms with Gasteiger partial charge in [-0.3, -0.25) is 4.79 Å². The van der Waals surface area contributed by atoms with Crippen LogP contribution in [0.4, 0.5) is 0 Å². The molecular formula is C14H20N2OS. The fourth-order valence-corrected chi connectivity index (χ4v) is 3.01. The Bertz CT molecular complexity index is 422. The molecule has 1 aromatic carbocycles. The van der Waals surface area contributed by atoms with E-state index in [2.05, 4.69) is 5.32 Å². The van der Waals surface area contributed by atoms with Crippen molar-refractivity contribution in [1.29, 1.82) is 0 Å². The molecule has 0 saturated heterocycles. The van der Waals surface area contributed by atoms with Gasteiger partial charge >= 0.3 is 0 Å². The van der Waals surface area contributed by atoms with Crippen LogP contribution in [0.15, 0.2) is 29.2 Å². The highest BCUT2D eigenvalue weighted by Crippen LogP contribution is 2.21. The molecule has 2 atom stereocenters. The molecule has 1 aliphatic carbocycles. The number of nitrogens with two attached hydrogens (primary N) is 1. The lowest BCUT2D eigenvalue weighted by Crippen LogP contribution is -2.49. The SMILES string of the molecule is CSc1ccccc1C(=O)NC1CCCCC1N. The lowest BCUT2D eigenvalue weighted by molar-refractivity contribution is 0.0918. The molecule has 2 unspecified atom stereocenters. The van der Waals surface area contributed by atoms with Gasteiger partial charge in [0.05, 0.1) is 5.56 Å². The summed E-state index contributed by atoms with van der Waals surface area (Å²) < 4.78 is 0. The maximum Gasteiger partial charge on any atom is 0.252 e. The standard InChI is InChI=1S/C14H20N2OS/c1-18-13-9-5-2-6-10(13)14(17)16-12-8-4-3-7-11(12)15/h2,5-6,9,11-12H,3-4,7-8,15H2,1H3,(H,16,17). The second kappa shape index (κ2) is 6.25. The summed E-state index contributed by atoms with van der Waals surface area (Å²) in [4.78, 5) is 13.3. The number of carbonyl (C=O) groups is 1. The Hall–Kier alpha value is -1.00. The fourth-order valence-electron chi connectivity index (χ4n) is 2.42. The molecule has 4 heteroatoms. The van der Waals surface area contributed by atoms with E-state index in [0.29, 0.717) is 0 Å². The first-order valence-corrected chi connectivity index (χ1v) is 7.64. The van der Waals surface area contributed by atoms with Crippen molar-refractivity contribution >= 4 is 17.7 Å². The van der Waals surface area contributed by atoms with Gasteiger partial charge in [-0.15, -0.1) is 11.8 Å². The predicted molar refractivity (Wildman–Crippen MR) is 75.9 cm³/mol. The van der Waals surface area contributed by atoms with E-state index in [1.807, 2.05) is 30.5 Å². The highest BCUT2D eigenvalue weighted by molar-refractivity contribution is 7.98. The summed E-state index contributed by atoms with van der Waals surface area (Å²) in [5, 5.41) is 3.08. The van der Waals surface area contributed by atoms with Crippen LogP contribution in [0.2, 0.25) is 0 Å². The number of carbonyl (C=O) groups excluding carboxylic acids is 1. The predicted octanol–water partition coefficient (Wildman–Crippen LogP) is 2.41. The minimum Gasteiger partial charge on any atom is -0.348 e. The Morgan fingerprint density at radius 2 is 2.06 bits per heavy atom. The van der Waals surface area contributed by atoms with Crippen LogP contribution in [0.5, 0.6) is 0 Å².